The highest BCUT2D eigenvalue weighted by Crippen LogP contribution is 2.34. The molecule has 3 heteroatoms. The number of fused-ring (bicyclic) bond motifs is 2. The maximum Gasteiger partial charge on any atom is 0.407 e. The molecule has 2 atom stereocenters. The number of amides is 1. The number of carbonyl (C=O) groups is 1. The Morgan fingerprint density at radius 1 is 1.77 bits per heavy atom. The van der Waals surface area contributed by atoms with Gasteiger partial charge in [-0.1, -0.05) is 12.0 Å². The molecule has 1 aliphatic heterocycles. The Hall–Kier alpha value is -1.43. The van der Waals surface area contributed by atoms with Crippen molar-refractivity contribution in [3.05, 3.63) is 11.6 Å². The summed E-state index contributed by atoms with van der Waals surface area (Å²) < 4.78 is 0. The maximum absolute atomic E-state index is 10.8. The van der Waals surface area contributed by atoms with Gasteiger partial charge in [-0.3, -0.25) is 0 Å². The van der Waals surface area contributed by atoms with Crippen molar-refractivity contribution >= 4 is 6.09 Å². The van der Waals surface area contributed by atoms with E-state index in [9.17, 15) is 4.79 Å². The van der Waals surface area contributed by atoms with E-state index in [0.29, 0.717) is 12.5 Å². The standard InChI is InChI=1S/C10H11NO2/c1-2-8-4-3-7-5-9(8)11(6-7)10(12)13/h1,4,7,9H,3,5-6H2,(H,12,13). The average molecular weight is 177 g/mol. The van der Waals surface area contributed by atoms with Crippen molar-refractivity contribution < 1.29 is 9.90 Å². The number of rotatable bonds is 0. The summed E-state index contributed by atoms with van der Waals surface area (Å²) in [6.07, 6.45) is 8.30. The monoisotopic (exact) mass is 177 g/mol. The normalized spacial score (nSPS) is 31.0. The van der Waals surface area contributed by atoms with Gasteiger partial charge in [0.15, 0.2) is 0 Å². The van der Waals surface area contributed by atoms with E-state index < -0.39 is 6.09 Å². The van der Waals surface area contributed by atoms with Crippen LogP contribution in [0.25, 0.3) is 0 Å². The highest BCUT2D eigenvalue weighted by Gasteiger charge is 2.38. The zero-order valence-corrected chi connectivity index (χ0v) is 7.23. The number of terminal acetylenes is 1. The van der Waals surface area contributed by atoms with E-state index in [1.165, 1.54) is 4.90 Å². The van der Waals surface area contributed by atoms with Crippen LogP contribution in [0.1, 0.15) is 12.8 Å². The summed E-state index contributed by atoms with van der Waals surface area (Å²) in [5.74, 6) is 3.06. The van der Waals surface area contributed by atoms with Gasteiger partial charge in [0, 0.05) is 12.1 Å². The van der Waals surface area contributed by atoms with Gasteiger partial charge in [0.05, 0.1) is 6.04 Å². The van der Waals surface area contributed by atoms with E-state index in [2.05, 4.69) is 5.92 Å². The van der Waals surface area contributed by atoms with Crippen LogP contribution in [0.5, 0.6) is 0 Å². The SMILES string of the molecule is C#CC1=CCC2CC1N(C(=O)O)C2. The lowest BCUT2D eigenvalue weighted by Crippen LogP contribution is -2.34. The zero-order valence-electron chi connectivity index (χ0n) is 7.23. The van der Waals surface area contributed by atoms with E-state index in [1.54, 1.807) is 0 Å². The topological polar surface area (TPSA) is 40.5 Å². The molecule has 2 aliphatic rings. The van der Waals surface area contributed by atoms with Crippen LogP contribution in [0, 0.1) is 18.3 Å². The van der Waals surface area contributed by atoms with Crippen LogP contribution >= 0.6 is 0 Å². The van der Waals surface area contributed by atoms with Crippen LogP contribution in [-0.2, 0) is 0 Å². The van der Waals surface area contributed by atoms with E-state index in [-0.39, 0.29) is 6.04 Å². The molecule has 0 saturated carbocycles. The lowest BCUT2D eigenvalue weighted by Gasteiger charge is -2.21. The minimum Gasteiger partial charge on any atom is -0.465 e. The smallest absolute Gasteiger partial charge is 0.407 e. The van der Waals surface area contributed by atoms with Gasteiger partial charge in [-0.05, 0) is 18.8 Å². The van der Waals surface area contributed by atoms with E-state index >= 15 is 0 Å². The van der Waals surface area contributed by atoms with Crippen LogP contribution in [0.4, 0.5) is 4.79 Å². The molecule has 1 aliphatic carbocycles. The largest absolute Gasteiger partial charge is 0.465 e. The Labute approximate surface area is 77.0 Å². The van der Waals surface area contributed by atoms with E-state index in [0.717, 1.165) is 18.4 Å². The molecule has 1 heterocycles. The molecule has 2 bridgehead atoms. The first kappa shape index (κ1) is 8.18. The summed E-state index contributed by atoms with van der Waals surface area (Å²) in [4.78, 5) is 12.3. The highest BCUT2D eigenvalue weighted by atomic mass is 16.4. The molecule has 0 aromatic rings. The van der Waals surface area contributed by atoms with Gasteiger partial charge in [0.1, 0.15) is 0 Å². The first-order valence-electron chi connectivity index (χ1n) is 4.38. The second-order valence-corrected chi connectivity index (χ2v) is 3.59. The Morgan fingerprint density at radius 2 is 2.54 bits per heavy atom. The fourth-order valence-corrected chi connectivity index (χ4v) is 2.18. The molecule has 3 nitrogen and oxygen atoms in total. The fourth-order valence-electron chi connectivity index (χ4n) is 2.18. The van der Waals surface area contributed by atoms with Gasteiger partial charge >= 0.3 is 6.09 Å². The summed E-state index contributed by atoms with van der Waals surface area (Å²) >= 11 is 0. The van der Waals surface area contributed by atoms with Gasteiger partial charge in [0.25, 0.3) is 0 Å². The lowest BCUT2D eigenvalue weighted by atomic mass is 9.91. The summed E-state index contributed by atoms with van der Waals surface area (Å²) in [7, 11) is 0. The minimum atomic E-state index is -0.851. The van der Waals surface area contributed by atoms with Crippen LogP contribution in [0.2, 0.25) is 0 Å². The minimum absolute atomic E-state index is 0.0405. The van der Waals surface area contributed by atoms with E-state index in [4.69, 9.17) is 11.5 Å². The van der Waals surface area contributed by atoms with Crippen molar-refractivity contribution in [2.45, 2.75) is 18.9 Å². The van der Waals surface area contributed by atoms with Gasteiger partial charge in [0.2, 0.25) is 0 Å². The summed E-state index contributed by atoms with van der Waals surface area (Å²) in [5.41, 5.74) is 0.844. The number of allylic oxidation sites excluding steroid dienone is 1. The summed E-state index contributed by atoms with van der Waals surface area (Å²) in [6, 6.07) is -0.0405. The van der Waals surface area contributed by atoms with Crippen molar-refractivity contribution in [1.29, 1.82) is 0 Å². The highest BCUT2D eigenvalue weighted by molar-refractivity contribution is 5.67. The van der Waals surface area contributed by atoms with Crippen LogP contribution in [0.15, 0.2) is 11.6 Å². The molecule has 1 N–H and O–H groups in total. The third-order valence-electron chi connectivity index (χ3n) is 2.83. The predicted octanol–water partition coefficient (Wildman–Crippen LogP) is 1.32. The molecule has 68 valence electrons. The van der Waals surface area contributed by atoms with Gasteiger partial charge in [-0.2, -0.15) is 0 Å². The Kier molecular flexibility index (Phi) is 1.77. The zero-order chi connectivity index (χ0) is 9.42. The number of hydrogen-bond acceptors (Lipinski definition) is 1. The summed E-state index contributed by atoms with van der Waals surface area (Å²) in [6.45, 7) is 0.641. The van der Waals surface area contributed by atoms with Gasteiger partial charge < -0.3 is 10.0 Å². The molecule has 2 rings (SSSR count). The quantitative estimate of drug-likeness (QED) is 0.567. The average Bonchev–Trinajstić information content (AvgIpc) is 2.45. The first-order valence-corrected chi connectivity index (χ1v) is 4.38. The second kappa shape index (κ2) is 2.81. The van der Waals surface area contributed by atoms with Gasteiger partial charge in [-0.15, -0.1) is 6.42 Å². The Balaban J connectivity index is 2.27. The predicted molar refractivity (Wildman–Crippen MR) is 48.2 cm³/mol. The van der Waals surface area contributed by atoms with E-state index in [1.807, 2.05) is 6.08 Å². The Morgan fingerprint density at radius 3 is 3.15 bits per heavy atom. The summed E-state index contributed by atoms with van der Waals surface area (Å²) in [5, 5.41) is 8.90. The number of likely N-dealkylation sites (tertiary alicyclic amines) is 1. The fraction of sp³-hybridized carbons (Fsp3) is 0.500. The van der Waals surface area contributed by atoms with Crippen LogP contribution in [-0.4, -0.2) is 28.7 Å². The molecular weight excluding hydrogens is 166 g/mol. The van der Waals surface area contributed by atoms with Crippen LogP contribution in [0.3, 0.4) is 0 Å². The van der Waals surface area contributed by atoms with Crippen molar-refractivity contribution in [3.8, 4) is 12.3 Å². The van der Waals surface area contributed by atoms with Crippen molar-refractivity contribution in [2.24, 2.45) is 5.92 Å². The first-order chi connectivity index (χ1) is 6.22. The number of carboxylic acid groups (broad SMARTS) is 1. The second-order valence-electron chi connectivity index (χ2n) is 3.59. The number of nitrogens with zero attached hydrogens (tertiary/aromatic N) is 1. The van der Waals surface area contributed by atoms with Crippen molar-refractivity contribution in [3.63, 3.8) is 0 Å². The molecule has 1 saturated heterocycles. The molecule has 0 spiro atoms. The Bertz CT molecular complexity index is 313. The molecule has 0 aromatic carbocycles. The van der Waals surface area contributed by atoms with Gasteiger partial charge in [-0.25, -0.2) is 4.79 Å². The maximum atomic E-state index is 10.8. The lowest BCUT2D eigenvalue weighted by molar-refractivity contribution is 0.146. The third-order valence-corrected chi connectivity index (χ3v) is 2.83. The molecule has 1 amide bonds. The van der Waals surface area contributed by atoms with Crippen molar-refractivity contribution in [2.75, 3.05) is 6.54 Å². The van der Waals surface area contributed by atoms with Crippen molar-refractivity contribution in [1.82, 2.24) is 4.90 Å². The molecule has 13 heavy (non-hydrogen) atoms. The number of hydrogen-bond donors (Lipinski definition) is 1. The molecule has 0 aromatic heterocycles. The molecule has 2 unspecified atom stereocenters. The molecular formula is C10H11NO2. The van der Waals surface area contributed by atoms with Crippen LogP contribution < -0.4 is 0 Å². The molecule has 1 fully saturated rings. The third kappa shape index (κ3) is 1.19. The molecule has 0 radical (unpaired) electrons.